The summed E-state index contributed by atoms with van der Waals surface area (Å²) in [4.78, 5) is 51.5. The van der Waals surface area contributed by atoms with Crippen molar-refractivity contribution in [1.29, 1.82) is 5.41 Å². The van der Waals surface area contributed by atoms with E-state index in [1.807, 2.05) is 12.1 Å². The monoisotopic (exact) mass is 806 g/mol. The summed E-state index contributed by atoms with van der Waals surface area (Å²) < 4.78 is 46.6. The molecular weight excluding hydrogens is 767 g/mol. The van der Waals surface area contributed by atoms with Gasteiger partial charge in [-0.15, -0.1) is 0 Å². The van der Waals surface area contributed by atoms with Gasteiger partial charge in [0.15, 0.2) is 21.7 Å². The Hall–Kier alpha value is -6.04. The molecule has 4 aromatic rings. The van der Waals surface area contributed by atoms with Crippen LogP contribution in [0, 0.1) is 5.41 Å². The van der Waals surface area contributed by atoms with Crippen molar-refractivity contribution in [1.82, 2.24) is 30.9 Å². The minimum absolute atomic E-state index is 0.0125. The third kappa shape index (κ3) is 11.7. The van der Waals surface area contributed by atoms with Gasteiger partial charge in [-0.05, 0) is 73.2 Å². The molecule has 1 fully saturated rings. The van der Waals surface area contributed by atoms with E-state index >= 15 is 0 Å². The van der Waals surface area contributed by atoms with Crippen LogP contribution in [-0.4, -0.2) is 89.7 Å². The lowest BCUT2D eigenvalue weighted by Crippen LogP contribution is -2.52. The number of carboxylic acid groups (broad SMARTS) is 1. The Balaban J connectivity index is 1.32. The molecule has 3 aromatic carbocycles. The highest BCUT2D eigenvalue weighted by Gasteiger charge is 2.50. The fourth-order valence-corrected chi connectivity index (χ4v) is 5.72. The normalized spacial score (nSPS) is 14.3. The van der Waals surface area contributed by atoms with Crippen molar-refractivity contribution in [3.8, 4) is 6.01 Å². The smallest absolute Gasteiger partial charge is 0.411 e. The van der Waals surface area contributed by atoms with Gasteiger partial charge >= 0.3 is 18.2 Å². The zero-order valence-electron chi connectivity index (χ0n) is 30.9. The summed E-state index contributed by atoms with van der Waals surface area (Å²) in [6.07, 6.45) is -2.96. The molecule has 57 heavy (non-hydrogen) atoms. The maximum atomic E-state index is 13.8. The third-order valence-electron chi connectivity index (χ3n) is 9.05. The molecule has 21 heteroatoms. The third-order valence-corrected chi connectivity index (χ3v) is 9.30. The van der Waals surface area contributed by atoms with Gasteiger partial charge in [-0.1, -0.05) is 54.1 Å². The van der Waals surface area contributed by atoms with Crippen LogP contribution in [0.5, 0.6) is 6.01 Å². The molecule has 0 unspecified atom stereocenters. The molecule has 1 heterocycles. The summed E-state index contributed by atoms with van der Waals surface area (Å²) >= 11 is 6.06. The molecule has 1 aliphatic rings. The predicted octanol–water partition coefficient (Wildman–Crippen LogP) is 2.40. The van der Waals surface area contributed by atoms with Crippen LogP contribution < -0.4 is 37.1 Å². The van der Waals surface area contributed by atoms with Gasteiger partial charge < -0.3 is 42.2 Å². The van der Waals surface area contributed by atoms with Gasteiger partial charge in [-0.2, -0.15) is 28.1 Å². The molecule has 0 saturated heterocycles. The number of carbonyl (C=O) groups excluding carboxylic acids is 2. The Morgan fingerprint density at radius 2 is 1.58 bits per heavy atom. The number of nitrogens with two attached hydrogens (primary N) is 1. The summed E-state index contributed by atoms with van der Waals surface area (Å²) in [5.74, 6) is -3.08. The van der Waals surface area contributed by atoms with E-state index < -0.39 is 53.0 Å². The minimum atomic E-state index is -4.75. The molecule has 5 rings (SSSR count). The van der Waals surface area contributed by atoms with E-state index in [2.05, 4.69) is 41.5 Å². The fourth-order valence-electron chi connectivity index (χ4n) is 5.59. The van der Waals surface area contributed by atoms with E-state index in [1.165, 1.54) is 24.3 Å². The number of rotatable bonds is 18. The maximum Gasteiger partial charge on any atom is 0.411 e. The van der Waals surface area contributed by atoms with Gasteiger partial charge in [0, 0.05) is 29.2 Å². The van der Waals surface area contributed by atoms with Crippen molar-refractivity contribution < 1.29 is 37.4 Å². The van der Waals surface area contributed by atoms with Crippen LogP contribution in [0.1, 0.15) is 47.2 Å². The second-order valence-corrected chi connectivity index (χ2v) is 14.3. The zero-order valence-corrected chi connectivity index (χ0v) is 31.7. The van der Waals surface area contributed by atoms with Crippen LogP contribution in [0.3, 0.4) is 0 Å². The van der Waals surface area contributed by atoms with E-state index in [4.69, 9.17) is 27.5 Å². The molecule has 2 amide bonds. The number of benzene rings is 3. The number of halogens is 4. The average molecular weight is 807 g/mol. The molecule has 2 atom stereocenters. The Labute approximate surface area is 332 Å². The van der Waals surface area contributed by atoms with E-state index in [0.717, 1.165) is 21.3 Å². The highest BCUT2D eigenvalue weighted by Crippen LogP contribution is 2.48. The number of guanidine groups is 1. The molecule has 298 valence electrons. The topological polar surface area (TPSA) is 229 Å². The van der Waals surface area contributed by atoms with Crippen LogP contribution in [0.25, 0.3) is 0 Å². The number of carboxylic acids is 1. The number of carbonyl (C=O) groups is 3. The van der Waals surface area contributed by atoms with Crippen LogP contribution in [0.15, 0.2) is 78.9 Å². The minimum Gasteiger partial charge on any atom is -0.480 e. The van der Waals surface area contributed by atoms with Crippen molar-refractivity contribution in [2.75, 3.05) is 17.2 Å². The molecule has 0 spiro atoms. The van der Waals surface area contributed by atoms with Crippen LogP contribution in [-0.2, 0) is 21.5 Å². The number of nitrogens with one attached hydrogen (secondary N) is 6. The molecule has 0 radical (unpaired) electrons. The molecule has 0 aliphatic heterocycles. The maximum absolute atomic E-state index is 13.8. The van der Waals surface area contributed by atoms with Crippen LogP contribution >= 0.6 is 11.6 Å². The summed E-state index contributed by atoms with van der Waals surface area (Å²) in [5, 5.41) is 29.0. The highest BCUT2D eigenvalue weighted by molar-refractivity contribution is 6.40. The van der Waals surface area contributed by atoms with Crippen molar-refractivity contribution >= 4 is 68.6 Å². The number of hydrogen-bond acceptors (Lipinski definition) is 10. The Kier molecular flexibility index (Phi) is 13.2. The lowest BCUT2D eigenvalue weighted by molar-refractivity contribution is -0.187. The largest absolute Gasteiger partial charge is 0.480 e. The van der Waals surface area contributed by atoms with Gasteiger partial charge in [0.25, 0.3) is 5.91 Å². The number of ether oxygens (including phenoxy) is 1. The predicted molar refractivity (Wildman–Crippen MR) is 212 cm³/mol. The number of hydrogen-bond donors (Lipinski definition) is 8. The number of aromatic nitrogens is 3. The number of amides is 2. The van der Waals surface area contributed by atoms with Crippen molar-refractivity contribution in [3.63, 3.8) is 0 Å². The lowest BCUT2D eigenvalue weighted by atomic mass is 9.64. The van der Waals surface area contributed by atoms with Gasteiger partial charge in [-0.25, -0.2) is 4.79 Å². The molecule has 9 N–H and O–H groups in total. The molecular formula is C36H40B2ClF3N10O5. The van der Waals surface area contributed by atoms with Crippen molar-refractivity contribution in [2.24, 2.45) is 5.73 Å². The van der Waals surface area contributed by atoms with Crippen molar-refractivity contribution in [3.05, 3.63) is 101 Å². The standard InChI is InChI=1S/C36H40B2ClF3N10O5/c37-35(38,36(40,41)42)57-33-50-31(49-32(51-33)52-34(16-17-34)22-10-12-23(39)13-11-22)46-24-14-8-21(9-15-24)27(53)47-25(7-4-18-45-30(43)44)28(54)48-26(29(55)56)19-20-5-2-1-3-6-20/h1-3,5-6,8-15,25-26H,4,7,16-19,37-38H2,(H,47,53)(H,48,54)(H,55,56)(H4,43,44,45)(H2,46,49,50,51,52)/t25-,26+/m1/s1. The van der Waals surface area contributed by atoms with Gasteiger partial charge in [0.2, 0.25) is 17.8 Å². The molecule has 1 aliphatic carbocycles. The van der Waals surface area contributed by atoms with E-state index in [0.29, 0.717) is 35.5 Å². The first-order chi connectivity index (χ1) is 26.9. The first kappa shape index (κ1) is 42.1. The number of anilines is 3. The first-order valence-corrected chi connectivity index (χ1v) is 18.2. The number of nitrogens with zero attached hydrogens (tertiary/aromatic N) is 3. The molecule has 15 nitrogen and oxygen atoms in total. The van der Waals surface area contributed by atoms with Gasteiger partial charge in [-0.3, -0.25) is 15.0 Å². The molecule has 1 aromatic heterocycles. The average Bonchev–Trinajstić information content (AvgIpc) is 3.92. The van der Waals surface area contributed by atoms with Crippen molar-refractivity contribution in [2.45, 2.75) is 61.3 Å². The fraction of sp³-hybridized carbons (Fsp3) is 0.306. The van der Waals surface area contributed by atoms with Crippen LogP contribution in [0.2, 0.25) is 5.02 Å². The van der Waals surface area contributed by atoms with Crippen LogP contribution in [0.4, 0.5) is 30.8 Å². The SMILES string of the molecule is BC(B)(Oc1nc(Nc2ccc(C(=O)N[C@H](CCCNC(=N)N)C(=O)N[C@@H](Cc3ccccc3)C(=O)O)cc2)nc(NC2(c3ccc(Cl)cc3)CC2)n1)C(F)(F)F. The number of alkyl halides is 3. The van der Waals surface area contributed by atoms with Gasteiger partial charge in [0.1, 0.15) is 17.5 Å². The van der Waals surface area contributed by atoms with E-state index in [9.17, 15) is 32.7 Å². The second kappa shape index (κ2) is 17.8. The lowest BCUT2D eigenvalue weighted by Gasteiger charge is -2.28. The summed E-state index contributed by atoms with van der Waals surface area (Å²) in [5.41, 5.74) is 6.82. The highest BCUT2D eigenvalue weighted by atomic mass is 35.5. The molecule has 0 bridgehead atoms. The summed E-state index contributed by atoms with van der Waals surface area (Å²) in [6, 6.07) is 18.7. The first-order valence-electron chi connectivity index (χ1n) is 17.8. The van der Waals surface area contributed by atoms with E-state index in [-0.39, 0.29) is 42.8 Å². The Morgan fingerprint density at radius 1 is 0.930 bits per heavy atom. The quantitative estimate of drug-likeness (QED) is 0.0314. The zero-order chi connectivity index (χ0) is 41.4. The van der Waals surface area contributed by atoms with E-state index in [1.54, 1.807) is 42.5 Å². The van der Waals surface area contributed by atoms with Gasteiger partial charge in [0.05, 0.1) is 5.54 Å². The second-order valence-electron chi connectivity index (χ2n) is 13.9. The Bertz CT molecular complexity index is 2060. The Morgan fingerprint density at radius 3 is 2.18 bits per heavy atom. The molecule has 1 saturated carbocycles. The summed E-state index contributed by atoms with van der Waals surface area (Å²) in [7, 11) is 1.70. The number of aliphatic carboxylic acids is 1. The summed E-state index contributed by atoms with van der Waals surface area (Å²) in [6.45, 7) is 0.221.